The molecular formula is C28H38FN7O5. The molecule has 3 aromatic heterocycles. The van der Waals surface area contributed by atoms with E-state index in [9.17, 15) is 14.0 Å². The minimum absolute atomic E-state index is 0.00696. The van der Waals surface area contributed by atoms with Crippen LogP contribution in [0.15, 0.2) is 30.6 Å². The number of alkyl carbamates (subject to hydrolysis) is 1. The Morgan fingerprint density at radius 2 is 1.76 bits per heavy atom. The highest BCUT2D eigenvalue weighted by Crippen LogP contribution is 2.28. The first kappa shape index (κ1) is 31.4. The van der Waals surface area contributed by atoms with E-state index in [-0.39, 0.29) is 23.9 Å². The Labute approximate surface area is 238 Å². The molecule has 41 heavy (non-hydrogen) atoms. The molecule has 3 N–H and O–H groups in total. The minimum Gasteiger partial charge on any atom is -0.444 e. The number of amides is 2. The van der Waals surface area contributed by atoms with Crippen LogP contribution in [-0.4, -0.2) is 81.9 Å². The summed E-state index contributed by atoms with van der Waals surface area (Å²) in [6.07, 6.45) is 2.66. The minimum atomic E-state index is -0.444. The van der Waals surface area contributed by atoms with Crippen molar-refractivity contribution in [3.8, 4) is 11.4 Å². The maximum absolute atomic E-state index is 13.6. The summed E-state index contributed by atoms with van der Waals surface area (Å²) in [5.74, 6) is -0.604. The van der Waals surface area contributed by atoms with Crippen LogP contribution in [0.25, 0.3) is 33.5 Å². The highest BCUT2D eigenvalue weighted by Gasteiger charge is 2.19. The maximum atomic E-state index is 13.6. The van der Waals surface area contributed by atoms with Gasteiger partial charge in [0.2, 0.25) is 0 Å². The third-order valence-corrected chi connectivity index (χ3v) is 5.97. The van der Waals surface area contributed by atoms with E-state index in [4.69, 9.17) is 14.2 Å². The monoisotopic (exact) mass is 571 g/mol. The van der Waals surface area contributed by atoms with Gasteiger partial charge < -0.3 is 29.8 Å². The van der Waals surface area contributed by atoms with Crippen LogP contribution >= 0.6 is 0 Å². The van der Waals surface area contributed by atoms with Crippen molar-refractivity contribution in [3.05, 3.63) is 42.0 Å². The van der Waals surface area contributed by atoms with Crippen LogP contribution in [0.5, 0.6) is 0 Å². The number of hydrogen-bond donors (Lipinski definition) is 3. The van der Waals surface area contributed by atoms with Gasteiger partial charge in [0.25, 0.3) is 5.91 Å². The quantitative estimate of drug-likeness (QED) is 0.288. The van der Waals surface area contributed by atoms with Gasteiger partial charge in [-0.2, -0.15) is 5.10 Å². The van der Waals surface area contributed by atoms with Crippen LogP contribution in [0.3, 0.4) is 0 Å². The van der Waals surface area contributed by atoms with Crippen LogP contribution < -0.4 is 10.6 Å². The molecule has 0 aliphatic rings. The summed E-state index contributed by atoms with van der Waals surface area (Å²) in [4.78, 5) is 35.5. The summed E-state index contributed by atoms with van der Waals surface area (Å²) in [5.41, 5.74) is 2.62. The molecular weight excluding hydrogens is 533 g/mol. The molecule has 0 unspecified atom stereocenters. The Morgan fingerprint density at radius 1 is 1.10 bits per heavy atom. The topological polar surface area (TPSA) is 145 Å². The number of nitrogens with zero attached hydrogens (tertiary/aromatic N) is 4. The van der Waals surface area contributed by atoms with Gasteiger partial charge in [0, 0.05) is 45.9 Å². The lowest BCUT2D eigenvalue weighted by molar-refractivity contribution is 0.0472. The molecule has 4 aromatic rings. The molecule has 0 radical (unpaired) electrons. The largest absolute Gasteiger partial charge is 0.444 e. The van der Waals surface area contributed by atoms with Gasteiger partial charge in [0.1, 0.15) is 28.3 Å². The SMILES string of the molecule is CO[C@@H](C)CNC(=O)OC(C)(C)C.CO[C@@H](C)CNC(=O)c1c[nH]c2ncc(-c3nn(C)c4cc(F)ccc34)nc12. The summed E-state index contributed by atoms with van der Waals surface area (Å²) >= 11 is 0. The average Bonchev–Trinajstić information content (AvgIpc) is 3.49. The number of ether oxygens (including phenoxy) is 3. The van der Waals surface area contributed by atoms with Crippen molar-refractivity contribution in [2.75, 3.05) is 27.3 Å². The van der Waals surface area contributed by atoms with E-state index in [2.05, 4.69) is 30.7 Å². The second kappa shape index (κ2) is 13.5. The summed E-state index contributed by atoms with van der Waals surface area (Å²) in [6.45, 7) is 10.1. The van der Waals surface area contributed by atoms with E-state index in [1.165, 1.54) is 12.1 Å². The van der Waals surface area contributed by atoms with Gasteiger partial charge in [-0.1, -0.05) is 0 Å². The van der Waals surface area contributed by atoms with E-state index < -0.39 is 11.7 Å². The fourth-order valence-electron chi connectivity index (χ4n) is 3.64. The number of halogens is 1. The molecule has 2 amide bonds. The Morgan fingerprint density at radius 3 is 2.39 bits per heavy atom. The zero-order chi connectivity index (χ0) is 30.3. The van der Waals surface area contributed by atoms with Crippen molar-refractivity contribution in [3.63, 3.8) is 0 Å². The average molecular weight is 572 g/mol. The second-order valence-electron chi connectivity index (χ2n) is 10.5. The number of carbonyl (C=O) groups is 2. The first-order valence-corrected chi connectivity index (χ1v) is 13.1. The number of methoxy groups -OCH3 is 2. The van der Waals surface area contributed by atoms with Gasteiger partial charge in [0.15, 0.2) is 5.65 Å². The number of nitrogens with one attached hydrogen (secondary N) is 3. The number of rotatable bonds is 8. The predicted octanol–water partition coefficient (Wildman–Crippen LogP) is 3.96. The fourth-order valence-corrected chi connectivity index (χ4v) is 3.64. The smallest absolute Gasteiger partial charge is 0.407 e. The van der Waals surface area contributed by atoms with Gasteiger partial charge >= 0.3 is 6.09 Å². The number of carbonyl (C=O) groups excluding carboxylic acids is 2. The summed E-state index contributed by atoms with van der Waals surface area (Å²) < 4.78 is 30.3. The van der Waals surface area contributed by atoms with Gasteiger partial charge in [-0.15, -0.1) is 0 Å². The second-order valence-corrected chi connectivity index (χ2v) is 10.5. The molecule has 2 atom stereocenters. The van der Waals surface area contributed by atoms with E-state index in [1.807, 2.05) is 34.6 Å². The predicted molar refractivity (Wildman–Crippen MR) is 153 cm³/mol. The Bertz CT molecular complexity index is 1490. The molecule has 1 aromatic carbocycles. The van der Waals surface area contributed by atoms with Gasteiger partial charge in [0.05, 0.1) is 29.5 Å². The van der Waals surface area contributed by atoms with Crippen molar-refractivity contribution in [2.45, 2.75) is 52.4 Å². The van der Waals surface area contributed by atoms with Gasteiger partial charge in [-0.25, -0.2) is 19.2 Å². The van der Waals surface area contributed by atoms with Crippen LogP contribution in [0.1, 0.15) is 45.0 Å². The number of benzene rings is 1. The molecule has 13 heteroatoms. The highest BCUT2D eigenvalue weighted by molar-refractivity contribution is 6.05. The molecule has 0 bridgehead atoms. The van der Waals surface area contributed by atoms with Crippen LogP contribution in [0.4, 0.5) is 9.18 Å². The first-order chi connectivity index (χ1) is 19.3. The molecule has 0 aliphatic carbocycles. The van der Waals surface area contributed by atoms with Gasteiger partial charge in [-0.05, 0) is 52.8 Å². The molecule has 0 spiro atoms. The number of hydrogen-bond acceptors (Lipinski definition) is 8. The lowest BCUT2D eigenvalue weighted by Crippen LogP contribution is -2.36. The zero-order valence-corrected chi connectivity index (χ0v) is 24.7. The van der Waals surface area contributed by atoms with E-state index in [0.29, 0.717) is 46.7 Å². The van der Waals surface area contributed by atoms with Crippen molar-refractivity contribution in [1.29, 1.82) is 0 Å². The number of H-pyrrole nitrogens is 1. The third kappa shape index (κ3) is 8.44. The summed E-state index contributed by atoms with van der Waals surface area (Å²) in [7, 11) is 4.92. The zero-order valence-electron chi connectivity index (χ0n) is 24.7. The number of aryl methyl sites for hydroxylation is 1. The number of fused-ring (bicyclic) bond motifs is 2. The Kier molecular flexibility index (Phi) is 10.4. The lowest BCUT2D eigenvalue weighted by atomic mass is 10.1. The Hall–Kier alpha value is -4.10. The first-order valence-electron chi connectivity index (χ1n) is 13.1. The van der Waals surface area contributed by atoms with Crippen LogP contribution in [0.2, 0.25) is 0 Å². The van der Waals surface area contributed by atoms with Crippen molar-refractivity contribution in [2.24, 2.45) is 7.05 Å². The molecule has 4 rings (SSSR count). The summed E-state index contributed by atoms with van der Waals surface area (Å²) in [5, 5.41) is 10.6. The molecule has 12 nitrogen and oxygen atoms in total. The van der Waals surface area contributed by atoms with Crippen LogP contribution in [0, 0.1) is 5.82 Å². The maximum Gasteiger partial charge on any atom is 0.407 e. The molecule has 222 valence electrons. The number of aromatic nitrogens is 5. The molecule has 0 aliphatic heterocycles. The fraction of sp³-hybridized carbons (Fsp3) is 0.464. The van der Waals surface area contributed by atoms with Crippen LogP contribution in [-0.2, 0) is 21.3 Å². The normalized spacial score (nSPS) is 12.9. The van der Waals surface area contributed by atoms with E-state index in [0.717, 1.165) is 5.39 Å². The van der Waals surface area contributed by atoms with E-state index >= 15 is 0 Å². The molecule has 3 heterocycles. The summed E-state index contributed by atoms with van der Waals surface area (Å²) in [6, 6.07) is 4.46. The Balaban J connectivity index is 0.000000302. The standard InChI is InChI=1S/C19H19FN6O2.C9H19NO3/c1-10(28-3)7-23-19(27)13-8-21-18-17(13)24-14(9-22-18)16-12-5-4-11(20)6-15(12)26(2)25-16;1-7(12-5)6-10-8(11)13-9(2,3)4/h4-6,8-10H,7H2,1-3H3,(H,21,22)(H,23,27);7H,6H2,1-5H3,(H,10,11)/t10-;7-/m00/s1. The van der Waals surface area contributed by atoms with Crippen molar-refractivity contribution >= 4 is 34.1 Å². The van der Waals surface area contributed by atoms with Crippen molar-refractivity contribution < 1.29 is 28.2 Å². The molecule has 0 fully saturated rings. The highest BCUT2D eigenvalue weighted by atomic mass is 19.1. The van der Waals surface area contributed by atoms with E-state index in [1.54, 1.807) is 44.4 Å². The molecule has 0 saturated carbocycles. The third-order valence-electron chi connectivity index (χ3n) is 5.97. The molecule has 0 saturated heterocycles. The number of aromatic amines is 1. The lowest BCUT2D eigenvalue weighted by Gasteiger charge is -2.20. The van der Waals surface area contributed by atoms with Crippen molar-refractivity contribution in [1.82, 2.24) is 35.4 Å². The van der Waals surface area contributed by atoms with Gasteiger partial charge in [-0.3, -0.25) is 9.48 Å².